The Hall–Kier alpha value is 1.21. The first-order valence-corrected chi connectivity index (χ1v) is 7.23. The molecule has 0 spiro atoms. The van der Waals surface area contributed by atoms with E-state index in [1.54, 1.807) is 0 Å². The van der Waals surface area contributed by atoms with Crippen molar-refractivity contribution in [1.82, 2.24) is 0 Å². The lowest BCUT2D eigenvalue weighted by molar-refractivity contribution is 0.331. The summed E-state index contributed by atoms with van der Waals surface area (Å²) in [6.45, 7) is 0. The average molecular weight is 345 g/mol. The zero-order chi connectivity index (χ0) is 8.81. The Morgan fingerprint density at radius 3 is 2.50 bits per heavy atom. The van der Waals surface area contributed by atoms with Crippen molar-refractivity contribution in [2.24, 2.45) is 5.92 Å². The summed E-state index contributed by atoms with van der Waals surface area (Å²) < 4.78 is 0.693. The van der Waals surface area contributed by atoms with Crippen molar-refractivity contribution in [2.45, 2.75) is 54.2 Å². The van der Waals surface area contributed by atoms with Crippen LogP contribution < -0.4 is 0 Å². The Balaban J connectivity index is 1.98. The van der Waals surface area contributed by atoms with E-state index in [0.29, 0.717) is 2.83 Å². The smallest absolute Gasteiger partial charge is 0.0662 e. The molecule has 0 amide bonds. The van der Waals surface area contributed by atoms with Crippen LogP contribution >= 0.6 is 38.5 Å². The molecular formula is C10H18BrI. The molecule has 0 saturated heterocycles. The van der Waals surface area contributed by atoms with Crippen LogP contribution in [0.5, 0.6) is 0 Å². The molecule has 1 aliphatic carbocycles. The molecule has 72 valence electrons. The van der Waals surface area contributed by atoms with Gasteiger partial charge in [-0.3, -0.25) is 0 Å². The van der Waals surface area contributed by atoms with Crippen molar-refractivity contribution < 1.29 is 0 Å². The van der Waals surface area contributed by atoms with E-state index >= 15 is 0 Å². The van der Waals surface area contributed by atoms with Gasteiger partial charge in [-0.15, -0.1) is 0 Å². The molecule has 2 heteroatoms. The fraction of sp³-hybridized carbons (Fsp3) is 1.00. The minimum absolute atomic E-state index is 0.693. The van der Waals surface area contributed by atoms with Crippen molar-refractivity contribution in [2.75, 3.05) is 0 Å². The molecule has 0 aromatic rings. The third kappa shape index (κ3) is 5.05. The van der Waals surface area contributed by atoms with Gasteiger partial charge in [-0.2, -0.15) is 0 Å². The first kappa shape index (κ1) is 11.3. The minimum atomic E-state index is 0.693. The van der Waals surface area contributed by atoms with E-state index in [1.807, 2.05) is 0 Å². The summed E-state index contributed by atoms with van der Waals surface area (Å²) in [6, 6.07) is 0. The van der Waals surface area contributed by atoms with Crippen LogP contribution in [-0.2, 0) is 0 Å². The van der Waals surface area contributed by atoms with Crippen LogP contribution in [0.1, 0.15) is 51.4 Å². The zero-order valence-corrected chi connectivity index (χ0v) is 11.3. The van der Waals surface area contributed by atoms with Gasteiger partial charge in [0.15, 0.2) is 0 Å². The van der Waals surface area contributed by atoms with Gasteiger partial charge in [0.25, 0.3) is 0 Å². The second-order valence-electron chi connectivity index (χ2n) is 3.83. The number of halogens is 2. The van der Waals surface area contributed by atoms with Gasteiger partial charge in [-0.05, 0) is 12.3 Å². The second kappa shape index (κ2) is 6.63. The molecule has 0 nitrogen and oxygen atoms in total. The van der Waals surface area contributed by atoms with E-state index in [0.717, 1.165) is 5.92 Å². The van der Waals surface area contributed by atoms with Crippen LogP contribution in [0.25, 0.3) is 0 Å². The average Bonchev–Trinajstić information content (AvgIpc) is 2.05. The summed E-state index contributed by atoms with van der Waals surface area (Å²) in [5, 5.41) is 0. The van der Waals surface area contributed by atoms with Crippen LogP contribution in [-0.4, -0.2) is 2.83 Å². The highest BCUT2D eigenvalue weighted by atomic mass is 127. The predicted octanol–water partition coefficient (Wildman–Crippen LogP) is 4.89. The zero-order valence-electron chi connectivity index (χ0n) is 7.57. The molecule has 1 fully saturated rings. The molecule has 0 aromatic heterocycles. The molecule has 1 rings (SSSR count). The molecule has 0 bridgehead atoms. The summed E-state index contributed by atoms with van der Waals surface area (Å²) in [4.78, 5) is 0. The van der Waals surface area contributed by atoms with Gasteiger partial charge in [-0.1, -0.05) is 83.5 Å². The topological polar surface area (TPSA) is 0 Å². The van der Waals surface area contributed by atoms with Gasteiger partial charge in [0.05, 0.1) is 2.83 Å². The van der Waals surface area contributed by atoms with Gasteiger partial charge >= 0.3 is 0 Å². The van der Waals surface area contributed by atoms with E-state index < -0.39 is 0 Å². The van der Waals surface area contributed by atoms with E-state index in [4.69, 9.17) is 0 Å². The fourth-order valence-electron chi connectivity index (χ4n) is 2.04. The largest absolute Gasteiger partial charge is 0.0775 e. The van der Waals surface area contributed by atoms with Gasteiger partial charge in [-0.25, -0.2) is 0 Å². The standard InChI is InChI=1S/C10H18BrI/c11-10(12)8-4-7-9-5-2-1-3-6-9/h9-10H,1-8H2. The third-order valence-corrected chi connectivity index (χ3v) is 3.84. The Bertz CT molecular complexity index is 108. The number of hydrogen-bond donors (Lipinski definition) is 0. The van der Waals surface area contributed by atoms with Crippen LogP contribution in [0.4, 0.5) is 0 Å². The maximum Gasteiger partial charge on any atom is 0.0662 e. The van der Waals surface area contributed by atoms with E-state index in [-0.39, 0.29) is 0 Å². The second-order valence-corrected chi connectivity index (χ2v) is 8.15. The Kier molecular flexibility index (Phi) is 6.24. The van der Waals surface area contributed by atoms with E-state index in [1.165, 1.54) is 51.4 Å². The van der Waals surface area contributed by atoms with Crippen LogP contribution in [0, 0.1) is 5.92 Å². The molecule has 12 heavy (non-hydrogen) atoms. The van der Waals surface area contributed by atoms with Gasteiger partial charge in [0.2, 0.25) is 0 Å². The predicted molar refractivity (Wildman–Crippen MR) is 67.2 cm³/mol. The Labute approximate surface area is 98.1 Å². The van der Waals surface area contributed by atoms with Crippen molar-refractivity contribution in [3.8, 4) is 0 Å². The van der Waals surface area contributed by atoms with Crippen LogP contribution in [0.2, 0.25) is 0 Å². The van der Waals surface area contributed by atoms with Crippen molar-refractivity contribution >= 4 is 38.5 Å². The quantitative estimate of drug-likeness (QED) is 0.503. The lowest BCUT2D eigenvalue weighted by Crippen LogP contribution is -2.06. The summed E-state index contributed by atoms with van der Waals surface area (Å²) in [5.41, 5.74) is 0. The van der Waals surface area contributed by atoms with Gasteiger partial charge < -0.3 is 0 Å². The number of rotatable bonds is 4. The van der Waals surface area contributed by atoms with Crippen molar-refractivity contribution in [1.29, 1.82) is 0 Å². The van der Waals surface area contributed by atoms with Gasteiger partial charge in [0.1, 0.15) is 0 Å². The van der Waals surface area contributed by atoms with E-state index in [2.05, 4.69) is 38.5 Å². The van der Waals surface area contributed by atoms with Gasteiger partial charge in [0, 0.05) is 0 Å². The SMILES string of the molecule is BrC(I)CCCC1CCCCC1. The molecule has 0 N–H and O–H groups in total. The molecule has 0 heterocycles. The molecule has 0 aromatic carbocycles. The highest BCUT2D eigenvalue weighted by Crippen LogP contribution is 2.28. The molecule has 1 aliphatic rings. The Morgan fingerprint density at radius 1 is 1.25 bits per heavy atom. The lowest BCUT2D eigenvalue weighted by Gasteiger charge is -2.21. The molecule has 1 saturated carbocycles. The lowest BCUT2D eigenvalue weighted by atomic mass is 9.86. The molecule has 0 aliphatic heterocycles. The highest BCUT2D eigenvalue weighted by molar-refractivity contribution is 14.1. The molecule has 1 unspecified atom stereocenters. The summed E-state index contributed by atoms with van der Waals surface area (Å²) >= 11 is 6.04. The maximum absolute atomic E-state index is 3.59. The molecule has 0 radical (unpaired) electrons. The minimum Gasteiger partial charge on any atom is -0.0775 e. The fourth-order valence-corrected chi connectivity index (χ4v) is 2.80. The Morgan fingerprint density at radius 2 is 1.92 bits per heavy atom. The normalized spacial score (nSPS) is 22.5. The van der Waals surface area contributed by atoms with Crippen LogP contribution in [0.15, 0.2) is 0 Å². The first-order chi connectivity index (χ1) is 5.79. The van der Waals surface area contributed by atoms with Crippen molar-refractivity contribution in [3.05, 3.63) is 0 Å². The summed E-state index contributed by atoms with van der Waals surface area (Å²) in [5.74, 6) is 1.07. The highest BCUT2D eigenvalue weighted by Gasteiger charge is 2.12. The maximum atomic E-state index is 3.59. The molecular weight excluding hydrogens is 327 g/mol. The summed E-state index contributed by atoms with van der Waals surface area (Å²) in [7, 11) is 0. The molecule has 1 atom stereocenters. The first-order valence-electron chi connectivity index (χ1n) is 5.07. The number of alkyl halides is 2. The number of hydrogen-bond acceptors (Lipinski definition) is 0. The van der Waals surface area contributed by atoms with Crippen LogP contribution in [0.3, 0.4) is 0 Å². The third-order valence-electron chi connectivity index (χ3n) is 2.76. The van der Waals surface area contributed by atoms with Crippen molar-refractivity contribution in [3.63, 3.8) is 0 Å². The monoisotopic (exact) mass is 344 g/mol. The summed E-state index contributed by atoms with van der Waals surface area (Å²) in [6.07, 6.45) is 11.7. The van der Waals surface area contributed by atoms with E-state index in [9.17, 15) is 0 Å².